The number of carbonyl (C=O) groups is 1. The Labute approximate surface area is 190 Å². The van der Waals surface area contributed by atoms with Crippen molar-refractivity contribution in [1.29, 1.82) is 0 Å². The van der Waals surface area contributed by atoms with Crippen LogP contribution in [0, 0.1) is 0 Å². The third-order valence-corrected chi connectivity index (χ3v) is 5.88. The maximum absolute atomic E-state index is 13.0. The summed E-state index contributed by atoms with van der Waals surface area (Å²) in [5, 5.41) is 0. The highest BCUT2D eigenvalue weighted by Crippen LogP contribution is 2.38. The Balaban J connectivity index is 1.54. The Morgan fingerprint density at radius 3 is 2.23 bits per heavy atom. The van der Waals surface area contributed by atoms with Crippen LogP contribution in [0.3, 0.4) is 0 Å². The summed E-state index contributed by atoms with van der Waals surface area (Å²) in [5.74, 6) is 2.49. The first-order chi connectivity index (χ1) is 15.1. The molecule has 3 aromatic rings. The van der Waals surface area contributed by atoms with Crippen LogP contribution in [0.2, 0.25) is 0 Å². The van der Waals surface area contributed by atoms with Crippen molar-refractivity contribution in [2.75, 3.05) is 19.1 Å². The van der Waals surface area contributed by atoms with Gasteiger partial charge in [-0.15, -0.1) is 0 Å². The third-order valence-electron chi connectivity index (χ3n) is 4.57. The maximum atomic E-state index is 13.0. The van der Waals surface area contributed by atoms with Gasteiger partial charge >= 0.3 is 0 Å². The second kappa shape index (κ2) is 9.24. The van der Waals surface area contributed by atoms with Crippen LogP contribution in [0.15, 0.2) is 77.7 Å². The van der Waals surface area contributed by atoms with E-state index in [0.717, 1.165) is 11.3 Å². The van der Waals surface area contributed by atoms with Crippen LogP contribution >= 0.6 is 24.0 Å². The summed E-state index contributed by atoms with van der Waals surface area (Å²) in [4.78, 5) is 15.1. The van der Waals surface area contributed by atoms with Crippen molar-refractivity contribution < 1.29 is 19.0 Å². The van der Waals surface area contributed by atoms with Crippen LogP contribution in [0.5, 0.6) is 23.0 Å². The molecule has 1 heterocycles. The normalized spacial score (nSPS) is 14.8. The highest BCUT2D eigenvalue weighted by Gasteiger charge is 2.33. The average molecular weight is 450 g/mol. The molecule has 7 heteroatoms. The van der Waals surface area contributed by atoms with E-state index in [-0.39, 0.29) is 5.91 Å². The molecular formula is C24H19NO4S2. The molecule has 0 saturated carbocycles. The molecule has 0 radical (unpaired) electrons. The van der Waals surface area contributed by atoms with Gasteiger partial charge in [0.05, 0.1) is 24.8 Å². The largest absolute Gasteiger partial charge is 0.493 e. The fourth-order valence-electron chi connectivity index (χ4n) is 3.07. The van der Waals surface area contributed by atoms with Crippen molar-refractivity contribution in [2.45, 2.75) is 0 Å². The van der Waals surface area contributed by atoms with E-state index >= 15 is 0 Å². The van der Waals surface area contributed by atoms with Crippen LogP contribution in [-0.2, 0) is 4.79 Å². The summed E-state index contributed by atoms with van der Waals surface area (Å²) in [7, 11) is 3.16. The molecule has 31 heavy (non-hydrogen) atoms. The molecule has 1 aliphatic rings. The van der Waals surface area contributed by atoms with E-state index in [1.165, 1.54) is 16.7 Å². The molecule has 3 aromatic carbocycles. The summed E-state index contributed by atoms with van der Waals surface area (Å²) in [6.07, 6.45) is 1.80. The number of hydrogen-bond acceptors (Lipinski definition) is 6. The first kappa shape index (κ1) is 21.0. The predicted octanol–water partition coefficient (Wildman–Crippen LogP) is 5.90. The molecule has 1 aliphatic heterocycles. The average Bonchev–Trinajstić information content (AvgIpc) is 3.07. The number of benzene rings is 3. The minimum Gasteiger partial charge on any atom is -0.493 e. The van der Waals surface area contributed by atoms with E-state index in [9.17, 15) is 4.79 Å². The topological polar surface area (TPSA) is 48.0 Å². The number of nitrogens with zero attached hydrogens (tertiary/aromatic N) is 1. The number of thiocarbonyl (C=S) groups is 1. The van der Waals surface area contributed by atoms with Gasteiger partial charge in [-0.2, -0.15) is 0 Å². The van der Waals surface area contributed by atoms with Crippen LogP contribution < -0.4 is 19.1 Å². The molecule has 5 nitrogen and oxygen atoms in total. The van der Waals surface area contributed by atoms with Gasteiger partial charge in [0.15, 0.2) is 15.8 Å². The van der Waals surface area contributed by atoms with Gasteiger partial charge in [-0.05, 0) is 60.2 Å². The van der Waals surface area contributed by atoms with E-state index < -0.39 is 0 Å². The van der Waals surface area contributed by atoms with E-state index in [1.807, 2.05) is 66.7 Å². The summed E-state index contributed by atoms with van der Waals surface area (Å²) < 4.78 is 16.9. The van der Waals surface area contributed by atoms with Crippen molar-refractivity contribution in [3.05, 3.63) is 83.3 Å². The first-order valence-corrected chi connectivity index (χ1v) is 10.6. The highest BCUT2D eigenvalue weighted by molar-refractivity contribution is 8.27. The second-order valence-corrected chi connectivity index (χ2v) is 8.22. The zero-order valence-electron chi connectivity index (χ0n) is 16.9. The van der Waals surface area contributed by atoms with Crippen molar-refractivity contribution in [3.63, 3.8) is 0 Å². The van der Waals surface area contributed by atoms with Crippen molar-refractivity contribution in [1.82, 2.24) is 0 Å². The Morgan fingerprint density at radius 2 is 1.55 bits per heavy atom. The number of ether oxygens (including phenoxy) is 3. The van der Waals surface area contributed by atoms with Gasteiger partial charge in [-0.3, -0.25) is 9.69 Å². The lowest BCUT2D eigenvalue weighted by Crippen LogP contribution is -2.27. The Kier molecular flexibility index (Phi) is 6.25. The highest BCUT2D eigenvalue weighted by atomic mass is 32.2. The minimum absolute atomic E-state index is 0.165. The van der Waals surface area contributed by atoms with E-state index in [2.05, 4.69) is 0 Å². The zero-order valence-corrected chi connectivity index (χ0v) is 18.5. The summed E-state index contributed by atoms with van der Waals surface area (Å²) >= 11 is 6.74. The van der Waals surface area contributed by atoms with Gasteiger partial charge in [0.25, 0.3) is 5.91 Å². The van der Waals surface area contributed by atoms with Gasteiger partial charge in [-0.25, -0.2) is 0 Å². The van der Waals surface area contributed by atoms with Crippen LogP contribution in [0.25, 0.3) is 6.08 Å². The molecule has 4 rings (SSSR count). The Morgan fingerprint density at radius 1 is 0.871 bits per heavy atom. The number of rotatable bonds is 6. The lowest BCUT2D eigenvalue weighted by Gasteiger charge is -2.15. The third kappa shape index (κ3) is 4.57. The number of methoxy groups -OCH3 is 2. The summed E-state index contributed by atoms with van der Waals surface area (Å²) in [6, 6.07) is 22.3. The number of para-hydroxylation sites is 1. The lowest BCUT2D eigenvalue weighted by molar-refractivity contribution is -0.113. The van der Waals surface area contributed by atoms with E-state index in [4.69, 9.17) is 26.4 Å². The number of hydrogen-bond donors (Lipinski definition) is 0. The van der Waals surface area contributed by atoms with E-state index in [1.54, 1.807) is 26.4 Å². The van der Waals surface area contributed by atoms with Gasteiger partial charge in [-0.1, -0.05) is 48.2 Å². The summed E-state index contributed by atoms with van der Waals surface area (Å²) in [6.45, 7) is 0. The van der Waals surface area contributed by atoms with Crippen LogP contribution in [-0.4, -0.2) is 24.4 Å². The number of thioether (sulfide) groups is 1. The quantitative estimate of drug-likeness (QED) is 0.345. The lowest BCUT2D eigenvalue weighted by atomic mass is 10.2. The van der Waals surface area contributed by atoms with Gasteiger partial charge in [0.1, 0.15) is 11.5 Å². The smallest absolute Gasteiger partial charge is 0.270 e. The SMILES string of the molecule is COc1ccc(/C=C2\SC(=S)N(c3ccc(Oc4ccccc4)cc3)C2=O)cc1OC. The molecule has 0 aromatic heterocycles. The molecule has 0 unspecified atom stereocenters. The maximum Gasteiger partial charge on any atom is 0.270 e. The Bertz CT molecular complexity index is 1140. The van der Waals surface area contributed by atoms with Gasteiger partial charge in [0.2, 0.25) is 0 Å². The molecule has 1 saturated heterocycles. The fraction of sp³-hybridized carbons (Fsp3) is 0.0833. The zero-order chi connectivity index (χ0) is 21.8. The molecule has 0 N–H and O–H groups in total. The monoisotopic (exact) mass is 449 g/mol. The second-order valence-electron chi connectivity index (χ2n) is 6.54. The van der Waals surface area contributed by atoms with Gasteiger partial charge in [0, 0.05) is 0 Å². The molecule has 0 aliphatic carbocycles. The molecular weight excluding hydrogens is 430 g/mol. The molecule has 156 valence electrons. The predicted molar refractivity (Wildman–Crippen MR) is 128 cm³/mol. The van der Waals surface area contributed by atoms with Crippen molar-refractivity contribution in [2.24, 2.45) is 0 Å². The van der Waals surface area contributed by atoms with Crippen molar-refractivity contribution >= 4 is 46.0 Å². The summed E-state index contributed by atoms with van der Waals surface area (Å²) in [5.41, 5.74) is 1.52. The van der Waals surface area contributed by atoms with Crippen LogP contribution in [0.4, 0.5) is 5.69 Å². The minimum atomic E-state index is -0.165. The van der Waals surface area contributed by atoms with Crippen LogP contribution in [0.1, 0.15) is 5.56 Å². The number of carbonyl (C=O) groups excluding carboxylic acids is 1. The Hall–Kier alpha value is -3.29. The number of anilines is 1. The van der Waals surface area contributed by atoms with Crippen molar-refractivity contribution in [3.8, 4) is 23.0 Å². The fourth-order valence-corrected chi connectivity index (χ4v) is 4.37. The molecule has 0 spiro atoms. The van der Waals surface area contributed by atoms with E-state index in [0.29, 0.717) is 32.2 Å². The molecule has 1 fully saturated rings. The molecule has 0 atom stereocenters. The number of amides is 1. The standard InChI is InChI=1S/C24H19NO4S2/c1-27-20-13-8-16(14-21(20)28-2)15-22-23(26)25(24(30)31-22)17-9-11-19(12-10-17)29-18-6-4-3-5-7-18/h3-15H,1-2H3/b22-15-. The molecule has 0 bridgehead atoms. The molecule has 1 amide bonds. The first-order valence-electron chi connectivity index (χ1n) is 9.42. The van der Waals surface area contributed by atoms with Gasteiger partial charge < -0.3 is 14.2 Å².